The summed E-state index contributed by atoms with van der Waals surface area (Å²) in [6, 6.07) is 0. The molecule has 1 aliphatic carbocycles. The number of esters is 1. The lowest BCUT2D eigenvalue weighted by Crippen LogP contribution is -2.22. The van der Waals surface area contributed by atoms with E-state index in [1.165, 1.54) is 23.9 Å². The number of methoxy groups -OCH3 is 1. The van der Waals surface area contributed by atoms with Crippen LogP contribution in [0.3, 0.4) is 0 Å². The number of hydrogen-bond acceptors (Lipinski definition) is 5. The molecule has 0 bridgehead atoms. The van der Waals surface area contributed by atoms with Crippen LogP contribution in [0, 0.1) is 5.92 Å². The third kappa shape index (κ3) is 1.78. The average Bonchev–Trinajstić information content (AvgIpc) is 2.76. The van der Waals surface area contributed by atoms with Crippen LogP contribution in [0.2, 0.25) is 5.15 Å². The van der Waals surface area contributed by atoms with Gasteiger partial charge in [-0.1, -0.05) is 11.6 Å². The van der Waals surface area contributed by atoms with Gasteiger partial charge in [-0.3, -0.25) is 4.79 Å². The van der Waals surface area contributed by atoms with Gasteiger partial charge in [0.05, 0.1) is 18.4 Å². The fourth-order valence-electron chi connectivity index (χ4n) is 2.44. The van der Waals surface area contributed by atoms with E-state index < -0.39 is 0 Å². The van der Waals surface area contributed by atoms with Crippen LogP contribution in [0.5, 0.6) is 0 Å². The van der Waals surface area contributed by atoms with Crippen LogP contribution >= 0.6 is 22.9 Å². The summed E-state index contributed by atoms with van der Waals surface area (Å²) >= 11 is 7.73. The molecule has 0 spiro atoms. The zero-order valence-electron chi connectivity index (χ0n) is 9.77. The molecule has 0 amide bonds. The summed E-state index contributed by atoms with van der Waals surface area (Å²) in [6.07, 6.45) is 3.84. The Bertz CT molecular complexity index is 626. The van der Waals surface area contributed by atoms with Crippen molar-refractivity contribution in [2.24, 2.45) is 5.92 Å². The number of carbonyl (C=O) groups excluding carboxylic acids is 1. The minimum Gasteiger partial charge on any atom is -0.469 e. The smallest absolute Gasteiger partial charge is 0.309 e. The standard InChI is InChI=1S/C12H11ClN2O2S/c1-17-12(16)6-2-3-7-8(4-6)18-11-9(7)10(13)14-5-15-11/h5-6H,2-4H2,1H3/t6-/m0/s1. The highest BCUT2D eigenvalue weighted by Gasteiger charge is 2.29. The van der Waals surface area contributed by atoms with Crippen LogP contribution in [0.15, 0.2) is 6.33 Å². The van der Waals surface area contributed by atoms with Crippen LogP contribution in [0.4, 0.5) is 0 Å². The molecule has 0 aromatic carbocycles. The Hall–Kier alpha value is -1.20. The number of hydrogen-bond donors (Lipinski definition) is 0. The Morgan fingerprint density at radius 3 is 3.17 bits per heavy atom. The average molecular weight is 283 g/mol. The lowest BCUT2D eigenvalue weighted by Gasteiger charge is -2.19. The molecule has 6 heteroatoms. The van der Waals surface area contributed by atoms with Gasteiger partial charge in [-0.15, -0.1) is 11.3 Å². The fourth-order valence-corrected chi connectivity index (χ4v) is 4.01. The predicted octanol–water partition coefficient (Wildman–Crippen LogP) is 2.62. The summed E-state index contributed by atoms with van der Waals surface area (Å²) in [5.74, 6) is -0.169. The van der Waals surface area contributed by atoms with Crippen LogP contribution in [0.25, 0.3) is 10.2 Å². The van der Waals surface area contributed by atoms with Crippen LogP contribution in [-0.4, -0.2) is 23.0 Å². The minimum atomic E-state index is -0.129. The molecule has 0 unspecified atom stereocenters. The van der Waals surface area contributed by atoms with Gasteiger partial charge in [0.15, 0.2) is 0 Å². The van der Waals surface area contributed by atoms with Gasteiger partial charge < -0.3 is 4.74 Å². The van der Waals surface area contributed by atoms with Gasteiger partial charge in [0.2, 0.25) is 0 Å². The van der Waals surface area contributed by atoms with E-state index in [1.807, 2.05) is 0 Å². The molecule has 2 aromatic heterocycles. The normalized spacial score (nSPS) is 18.7. The maximum Gasteiger partial charge on any atom is 0.309 e. The van der Waals surface area contributed by atoms with E-state index in [4.69, 9.17) is 16.3 Å². The molecule has 2 aromatic rings. The predicted molar refractivity (Wildman–Crippen MR) is 70.0 cm³/mol. The van der Waals surface area contributed by atoms with Crippen molar-refractivity contribution >= 4 is 39.1 Å². The van der Waals surface area contributed by atoms with Gasteiger partial charge in [0.1, 0.15) is 16.3 Å². The molecule has 0 saturated heterocycles. The second kappa shape index (κ2) is 4.48. The molecule has 94 valence electrons. The van der Waals surface area contributed by atoms with Crippen molar-refractivity contribution in [3.05, 3.63) is 21.9 Å². The number of thiophene rings is 1. The maximum atomic E-state index is 11.6. The molecule has 18 heavy (non-hydrogen) atoms. The summed E-state index contributed by atoms with van der Waals surface area (Å²) in [6.45, 7) is 0. The maximum absolute atomic E-state index is 11.6. The highest BCUT2D eigenvalue weighted by molar-refractivity contribution is 7.19. The number of aromatic nitrogens is 2. The zero-order valence-corrected chi connectivity index (χ0v) is 11.3. The number of nitrogens with zero attached hydrogens (tertiary/aromatic N) is 2. The van der Waals surface area contributed by atoms with Gasteiger partial charge >= 0.3 is 5.97 Å². The van der Waals surface area contributed by atoms with Crippen LogP contribution in [0.1, 0.15) is 16.9 Å². The Morgan fingerprint density at radius 1 is 1.56 bits per heavy atom. The monoisotopic (exact) mass is 282 g/mol. The highest BCUT2D eigenvalue weighted by Crippen LogP contribution is 2.39. The summed E-state index contributed by atoms with van der Waals surface area (Å²) < 4.78 is 4.81. The van der Waals surface area contributed by atoms with E-state index >= 15 is 0 Å². The van der Waals surface area contributed by atoms with Crippen molar-refractivity contribution in [2.45, 2.75) is 19.3 Å². The van der Waals surface area contributed by atoms with E-state index in [0.29, 0.717) is 5.15 Å². The summed E-state index contributed by atoms with van der Waals surface area (Å²) in [5.41, 5.74) is 1.21. The number of fused-ring (bicyclic) bond motifs is 3. The molecule has 4 nitrogen and oxygen atoms in total. The number of halogens is 1. The van der Waals surface area contributed by atoms with E-state index in [1.54, 1.807) is 11.3 Å². The quantitative estimate of drug-likeness (QED) is 0.596. The topological polar surface area (TPSA) is 52.1 Å². The highest BCUT2D eigenvalue weighted by atomic mass is 35.5. The van der Waals surface area contributed by atoms with Gasteiger partial charge in [-0.05, 0) is 24.8 Å². The molecule has 0 N–H and O–H groups in total. The van der Waals surface area contributed by atoms with Gasteiger partial charge in [0.25, 0.3) is 0 Å². The second-order valence-electron chi connectivity index (χ2n) is 4.31. The first-order valence-corrected chi connectivity index (χ1v) is 6.88. The van der Waals surface area contributed by atoms with E-state index in [0.717, 1.165) is 29.5 Å². The first kappa shape index (κ1) is 11.9. The van der Waals surface area contributed by atoms with E-state index in [2.05, 4.69) is 9.97 Å². The van der Waals surface area contributed by atoms with Gasteiger partial charge in [-0.2, -0.15) is 0 Å². The molecular formula is C12H11ClN2O2S. The summed E-state index contributed by atoms with van der Waals surface area (Å²) in [5, 5.41) is 1.47. The lowest BCUT2D eigenvalue weighted by molar-refractivity contribution is -0.145. The molecule has 0 saturated carbocycles. The third-order valence-corrected chi connectivity index (χ3v) is 4.78. The third-order valence-electron chi connectivity index (χ3n) is 3.33. The van der Waals surface area contributed by atoms with Crippen molar-refractivity contribution in [1.29, 1.82) is 0 Å². The van der Waals surface area contributed by atoms with Crippen LogP contribution < -0.4 is 0 Å². The van der Waals surface area contributed by atoms with Crippen molar-refractivity contribution in [1.82, 2.24) is 9.97 Å². The Labute approximate surface area is 113 Å². The molecule has 1 aliphatic rings. The van der Waals surface area contributed by atoms with E-state index in [9.17, 15) is 4.79 Å². The zero-order chi connectivity index (χ0) is 12.7. The van der Waals surface area contributed by atoms with Crippen molar-refractivity contribution in [3.63, 3.8) is 0 Å². The molecular weight excluding hydrogens is 272 g/mol. The lowest BCUT2D eigenvalue weighted by atomic mass is 9.88. The Morgan fingerprint density at radius 2 is 2.39 bits per heavy atom. The summed E-state index contributed by atoms with van der Waals surface area (Å²) in [7, 11) is 1.44. The number of rotatable bonds is 1. The van der Waals surface area contributed by atoms with Crippen molar-refractivity contribution < 1.29 is 9.53 Å². The first-order valence-electron chi connectivity index (χ1n) is 5.69. The second-order valence-corrected chi connectivity index (χ2v) is 5.75. The SMILES string of the molecule is COC(=O)[C@H]1CCc2c(sc3ncnc(Cl)c23)C1. The van der Waals surface area contributed by atoms with Gasteiger partial charge in [-0.25, -0.2) is 9.97 Å². The van der Waals surface area contributed by atoms with Gasteiger partial charge in [0, 0.05) is 4.88 Å². The van der Waals surface area contributed by atoms with Crippen LogP contribution in [-0.2, 0) is 22.4 Å². The Balaban J connectivity index is 2.05. The molecule has 2 heterocycles. The molecule has 0 fully saturated rings. The number of carbonyl (C=O) groups is 1. The molecule has 0 aliphatic heterocycles. The van der Waals surface area contributed by atoms with E-state index in [-0.39, 0.29) is 11.9 Å². The minimum absolute atomic E-state index is 0.0395. The van der Waals surface area contributed by atoms with Crippen molar-refractivity contribution in [2.75, 3.05) is 7.11 Å². The van der Waals surface area contributed by atoms with Crippen molar-refractivity contribution in [3.8, 4) is 0 Å². The summed E-state index contributed by atoms with van der Waals surface area (Å²) in [4.78, 5) is 22.0. The largest absolute Gasteiger partial charge is 0.469 e. The molecule has 3 rings (SSSR count). The number of ether oxygens (including phenoxy) is 1. The first-order chi connectivity index (χ1) is 8.70. The number of aryl methyl sites for hydroxylation is 1. The molecule has 1 atom stereocenters. The Kier molecular flexibility index (Phi) is 2.95. The molecule has 0 radical (unpaired) electrons. The fraction of sp³-hybridized carbons (Fsp3) is 0.417.